The molecule has 1 aromatic heterocycles. The fourth-order valence-corrected chi connectivity index (χ4v) is 4.56. The van der Waals surface area contributed by atoms with E-state index in [1.807, 2.05) is 13.1 Å². The van der Waals surface area contributed by atoms with Crippen molar-refractivity contribution < 1.29 is 4.74 Å². The quantitative estimate of drug-likeness (QED) is 0.898. The van der Waals surface area contributed by atoms with E-state index in [0.29, 0.717) is 6.04 Å². The van der Waals surface area contributed by atoms with Gasteiger partial charge in [-0.15, -0.1) is 0 Å². The standard InChI is InChI=1S/C18H28N2O/c1-11-9-20-17(12(2)18(11)21-4)10-19-13(3)16-8-14-5-6-15(16)7-14/h9,13-16,19H,5-8,10H2,1-4H3. The molecule has 1 N–H and O–H groups in total. The molecule has 2 aliphatic carbocycles. The number of hydrogen-bond donors (Lipinski definition) is 1. The summed E-state index contributed by atoms with van der Waals surface area (Å²) in [6.07, 6.45) is 7.76. The summed E-state index contributed by atoms with van der Waals surface area (Å²) in [5.74, 6) is 3.84. The molecule has 0 amide bonds. The van der Waals surface area contributed by atoms with Crippen LogP contribution in [0.15, 0.2) is 6.20 Å². The van der Waals surface area contributed by atoms with Crippen LogP contribution in [0.1, 0.15) is 49.4 Å². The van der Waals surface area contributed by atoms with Crippen LogP contribution in [0.5, 0.6) is 5.75 Å². The number of ether oxygens (including phenoxy) is 1. The Kier molecular flexibility index (Phi) is 4.21. The van der Waals surface area contributed by atoms with Crippen molar-refractivity contribution in [3.8, 4) is 5.75 Å². The van der Waals surface area contributed by atoms with E-state index in [1.54, 1.807) is 7.11 Å². The number of nitrogens with zero attached hydrogens (tertiary/aromatic N) is 1. The summed E-state index contributed by atoms with van der Waals surface area (Å²) in [4.78, 5) is 4.59. The van der Waals surface area contributed by atoms with Crippen LogP contribution in [0.25, 0.3) is 0 Å². The van der Waals surface area contributed by atoms with Crippen LogP contribution in [0.2, 0.25) is 0 Å². The third kappa shape index (κ3) is 2.80. The molecule has 2 fully saturated rings. The zero-order chi connectivity index (χ0) is 15.0. The van der Waals surface area contributed by atoms with Crippen molar-refractivity contribution in [3.05, 3.63) is 23.0 Å². The van der Waals surface area contributed by atoms with E-state index in [0.717, 1.165) is 41.3 Å². The minimum atomic E-state index is 0.591. The number of pyridine rings is 1. The lowest BCUT2D eigenvalue weighted by molar-refractivity contribution is 0.259. The highest BCUT2D eigenvalue weighted by Gasteiger charge is 2.41. The third-order valence-corrected chi connectivity index (χ3v) is 5.78. The molecule has 0 aliphatic heterocycles. The predicted octanol–water partition coefficient (Wildman–Crippen LogP) is 3.62. The number of aromatic nitrogens is 1. The number of nitrogens with one attached hydrogen (secondary N) is 1. The van der Waals surface area contributed by atoms with Gasteiger partial charge in [0.15, 0.2) is 0 Å². The van der Waals surface area contributed by atoms with Crippen LogP contribution >= 0.6 is 0 Å². The van der Waals surface area contributed by atoms with Crippen LogP contribution < -0.4 is 10.1 Å². The average Bonchev–Trinajstić information content (AvgIpc) is 3.09. The molecule has 0 aromatic carbocycles. The first kappa shape index (κ1) is 14.8. The molecule has 2 saturated carbocycles. The van der Waals surface area contributed by atoms with Crippen molar-refractivity contribution in [1.29, 1.82) is 0 Å². The molecule has 4 atom stereocenters. The van der Waals surface area contributed by atoms with Gasteiger partial charge in [0, 0.05) is 29.9 Å². The van der Waals surface area contributed by atoms with Gasteiger partial charge >= 0.3 is 0 Å². The fraction of sp³-hybridized carbons (Fsp3) is 0.722. The molecule has 2 bridgehead atoms. The van der Waals surface area contributed by atoms with Gasteiger partial charge < -0.3 is 10.1 Å². The van der Waals surface area contributed by atoms with Gasteiger partial charge in [0.1, 0.15) is 5.75 Å². The number of methoxy groups -OCH3 is 1. The van der Waals surface area contributed by atoms with E-state index < -0.39 is 0 Å². The maximum absolute atomic E-state index is 5.50. The zero-order valence-corrected chi connectivity index (χ0v) is 13.8. The van der Waals surface area contributed by atoms with Crippen molar-refractivity contribution in [3.63, 3.8) is 0 Å². The molecular formula is C18H28N2O. The maximum atomic E-state index is 5.50. The van der Waals surface area contributed by atoms with Gasteiger partial charge in [-0.3, -0.25) is 4.98 Å². The largest absolute Gasteiger partial charge is 0.496 e. The van der Waals surface area contributed by atoms with E-state index >= 15 is 0 Å². The minimum Gasteiger partial charge on any atom is -0.496 e. The van der Waals surface area contributed by atoms with Crippen molar-refractivity contribution in [1.82, 2.24) is 10.3 Å². The van der Waals surface area contributed by atoms with Crippen molar-refractivity contribution in [2.45, 2.75) is 59.0 Å². The van der Waals surface area contributed by atoms with Crippen LogP contribution in [0.3, 0.4) is 0 Å². The zero-order valence-electron chi connectivity index (χ0n) is 13.8. The Morgan fingerprint density at radius 3 is 2.76 bits per heavy atom. The van der Waals surface area contributed by atoms with Crippen LogP contribution in [0, 0.1) is 31.6 Å². The molecule has 116 valence electrons. The first-order valence-electron chi connectivity index (χ1n) is 8.32. The summed E-state index contributed by atoms with van der Waals surface area (Å²) >= 11 is 0. The van der Waals surface area contributed by atoms with E-state index in [9.17, 15) is 0 Å². The topological polar surface area (TPSA) is 34.1 Å². The number of hydrogen-bond acceptors (Lipinski definition) is 3. The summed E-state index contributed by atoms with van der Waals surface area (Å²) in [7, 11) is 1.74. The molecule has 21 heavy (non-hydrogen) atoms. The van der Waals surface area contributed by atoms with Crippen molar-refractivity contribution in [2.24, 2.45) is 17.8 Å². The summed E-state index contributed by atoms with van der Waals surface area (Å²) in [6, 6.07) is 0.591. The first-order chi connectivity index (χ1) is 10.1. The lowest BCUT2D eigenvalue weighted by Gasteiger charge is -2.28. The second-order valence-corrected chi connectivity index (χ2v) is 7.05. The number of fused-ring (bicyclic) bond motifs is 2. The van der Waals surface area contributed by atoms with Crippen molar-refractivity contribution >= 4 is 0 Å². The molecule has 0 radical (unpaired) electrons. The molecule has 1 heterocycles. The van der Waals surface area contributed by atoms with Crippen LogP contribution in [-0.2, 0) is 6.54 Å². The van der Waals surface area contributed by atoms with Gasteiger partial charge in [0.25, 0.3) is 0 Å². The molecule has 2 aliphatic rings. The highest BCUT2D eigenvalue weighted by atomic mass is 16.5. The molecule has 1 aromatic rings. The molecular weight excluding hydrogens is 260 g/mol. The van der Waals surface area contributed by atoms with Gasteiger partial charge in [0.2, 0.25) is 0 Å². The third-order valence-electron chi connectivity index (χ3n) is 5.78. The lowest BCUT2D eigenvalue weighted by atomic mass is 9.84. The summed E-state index contributed by atoms with van der Waals surface area (Å²) in [5, 5.41) is 3.72. The molecule has 0 spiro atoms. The predicted molar refractivity (Wildman–Crippen MR) is 85.5 cm³/mol. The van der Waals surface area contributed by atoms with Gasteiger partial charge in [-0.05, 0) is 57.8 Å². The smallest absolute Gasteiger partial charge is 0.128 e. The Labute approximate surface area is 128 Å². The summed E-state index contributed by atoms with van der Waals surface area (Å²) < 4.78 is 5.50. The van der Waals surface area contributed by atoms with E-state index in [4.69, 9.17) is 4.74 Å². The maximum Gasteiger partial charge on any atom is 0.128 e. The van der Waals surface area contributed by atoms with Gasteiger partial charge in [0.05, 0.1) is 12.8 Å². The van der Waals surface area contributed by atoms with E-state index in [2.05, 4.69) is 24.1 Å². The summed E-state index contributed by atoms with van der Waals surface area (Å²) in [5.41, 5.74) is 3.40. The molecule has 0 saturated heterocycles. The Bertz CT molecular complexity index is 514. The molecule has 3 nitrogen and oxygen atoms in total. The average molecular weight is 288 g/mol. The Balaban J connectivity index is 1.62. The SMILES string of the molecule is COc1c(C)cnc(CNC(C)C2CC3CCC2C3)c1C. The number of rotatable bonds is 5. The minimum absolute atomic E-state index is 0.591. The van der Waals surface area contributed by atoms with Gasteiger partial charge in [-0.25, -0.2) is 0 Å². The normalized spacial score (nSPS) is 28.9. The van der Waals surface area contributed by atoms with Gasteiger partial charge in [-0.2, -0.15) is 0 Å². The molecule has 4 unspecified atom stereocenters. The Morgan fingerprint density at radius 1 is 1.33 bits per heavy atom. The Hall–Kier alpha value is -1.09. The van der Waals surface area contributed by atoms with Gasteiger partial charge in [-0.1, -0.05) is 6.42 Å². The molecule has 3 heteroatoms. The second kappa shape index (κ2) is 5.96. The first-order valence-corrected chi connectivity index (χ1v) is 8.32. The lowest BCUT2D eigenvalue weighted by Crippen LogP contribution is -2.36. The van der Waals surface area contributed by atoms with E-state index in [-0.39, 0.29) is 0 Å². The highest BCUT2D eigenvalue weighted by Crippen LogP contribution is 2.49. The number of aryl methyl sites for hydroxylation is 1. The Morgan fingerprint density at radius 2 is 2.14 bits per heavy atom. The van der Waals surface area contributed by atoms with Crippen molar-refractivity contribution in [2.75, 3.05) is 7.11 Å². The summed E-state index contributed by atoms with van der Waals surface area (Å²) in [6.45, 7) is 7.36. The monoisotopic (exact) mass is 288 g/mol. The fourth-order valence-electron chi connectivity index (χ4n) is 4.56. The van der Waals surface area contributed by atoms with Crippen LogP contribution in [0.4, 0.5) is 0 Å². The molecule has 3 rings (SSSR count). The highest BCUT2D eigenvalue weighted by molar-refractivity contribution is 5.41. The van der Waals surface area contributed by atoms with E-state index in [1.165, 1.54) is 31.2 Å². The second-order valence-electron chi connectivity index (χ2n) is 7.05. The van der Waals surface area contributed by atoms with Crippen LogP contribution in [-0.4, -0.2) is 18.1 Å².